The summed E-state index contributed by atoms with van der Waals surface area (Å²) in [4.78, 5) is 33.3. The molecule has 0 radical (unpaired) electrons. The van der Waals surface area contributed by atoms with E-state index < -0.39 is 24.7 Å². The first-order valence-corrected chi connectivity index (χ1v) is 17.9. The fraction of sp³-hybridized carbons (Fsp3) is 0.486. The van der Waals surface area contributed by atoms with E-state index in [0.29, 0.717) is 42.7 Å². The van der Waals surface area contributed by atoms with Gasteiger partial charge in [-0.3, -0.25) is 9.88 Å². The van der Waals surface area contributed by atoms with Crippen molar-refractivity contribution in [2.24, 2.45) is 11.8 Å². The molecule has 3 aromatic rings. The summed E-state index contributed by atoms with van der Waals surface area (Å²) >= 11 is 12.9. The number of alkyl halides is 2. The van der Waals surface area contributed by atoms with Gasteiger partial charge in [-0.1, -0.05) is 35.7 Å². The van der Waals surface area contributed by atoms with Crippen molar-refractivity contribution in [1.29, 1.82) is 0 Å². The van der Waals surface area contributed by atoms with Gasteiger partial charge in [-0.25, -0.2) is 9.59 Å². The Bertz CT molecular complexity index is 1630. The maximum absolute atomic E-state index is 13.8. The van der Waals surface area contributed by atoms with E-state index >= 15 is 0 Å². The number of rotatable bonds is 17. The predicted molar refractivity (Wildman–Crippen MR) is 183 cm³/mol. The van der Waals surface area contributed by atoms with Crippen molar-refractivity contribution in [2.45, 2.75) is 64.1 Å². The summed E-state index contributed by atoms with van der Waals surface area (Å²) in [6.45, 7) is 0.583. The molecule has 0 unspecified atom stereocenters. The Morgan fingerprint density at radius 2 is 1.52 bits per heavy atom. The molecular weight excluding hydrogens is 693 g/mol. The summed E-state index contributed by atoms with van der Waals surface area (Å²) in [5, 5.41) is 0.528. The number of nitrogens with zero attached hydrogens (tertiary/aromatic N) is 2. The molecule has 9 nitrogen and oxygen atoms in total. The average molecular weight is 734 g/mol. The number of pyridine rings is 1. The normalized spacial score (nSPS) is 16.9. The quantitative estimate of drug-likeness (QED) is 0.127. The molecule has 13 heteroatoms. The minimum Gasteiger partial charge on any atom is -0.492 e. The van der Waals surface area contributed by atoms with Crippen molar-refractivity contribution in [3.63, 3.8) is 0 Å². The zero-order chi connectivity index (χ0) is 35.0. The number of esters is 2. The van der Waals surface area contributed by atoms with Crippen LogP contribution in [0.5, 0.6) is 17.2 Å². The number of likely N-dealkylation sites (tertiary alicyclic amines) is 1. The molecule has 1 saturated heterocycles. The van der Waals surface area contributed by atoms with E-state index in [-0.39, 0.29) is 51.4 Å². The van der Waals surface area contributed by atoms with Crippen LogP contribution in [0.4, 0.5) is 8.78 Å². The Balaban J connectivity index is 1.24. The van der Waals surface area contributed by atoms with Crippen LogP contribution >= 0.6 is 23.2 Å². The lowest BCUT2D eigenvalue weighted by Crippen LogP contribution is -2.33. The van der Waals surface area contributed by atoms with Crippen molar-refractivity contribution in [3.8, 4) is 17.2 Å². The van der Waals surface area contributed by atoms with Gasteiger partial charge in [0.2, 0.25) is 0 Å². The fourth-order valence-electron chi connectivity index (χ4n) is 5.72. The summed E-state index contributed by atoms with van der Waals surface area (Å²) in [6, 6.07) is 8.88. The smallest absolute Gasteiger partial charge is 0.387 e. The molecule has 2 aliphatic carbocycles. The number of hydrogen-bond donors (Lipinski definition) is 0. The predicted octanol–water partition coefficient (Wildman–Crippen LogP) is 8.35. The Hall–Kier alpha value is -3.67. The van der Waals surface area contributed by atoms with Gasteiger partial charge in [-0.15, -0.1) is 0 Å². The highest BCUT2D eigenvalue weighted by Gasteiger charge is 2.28. The van der Waals surface area contributed by atoms with Crippen LogP contribution in [0.3, 0.4) is 0 Å². The molecule has 0 N–H and O–H groups in total. The number of hydrogen-bond acceptors (Lipinski definition) is 9. The van der Waals surface area contributed by atoms with Crippen LogP contribution in [0, 0.1) is 11.8 Å². The van der Waals surface area contributed by atoms with Crippen LogP contribution in [-0.2, 0) is 15.9 Å². The highest BCUT2D eigenvalue weighted by molar-refractivity contribution is 6.35. The van der Waals surface area contributed by atoms with Gasteiger partial charge in [-0.05, 0) is 105 Å². The van der Waals surface area contributed by atoms with Crippen molar-refractivity contribution in [1.82, 2.24) is 9.88 Å². The highest BCUT2D eigenvalue weighted by atomic mass is 35.5. The molecule has 0 amide bonds. The molecule has 0 spiro atoms. The van der Waals surface area contributed by atoms with Crippen molar-refractivity contribution in [2.75, 3.05) is 39.5 Å². The molecule has 3 aliphatic rings. The lowest BCUT2D eigenvalue weighted by atomic mass is 10.0. The third kappa shape index (κ3) is 10.2. The van der Waals surface area contributed by atoms with E-state index in [4.69, 9.17) is 46.9 Å². The van der Waals surface area contributed by atoms with Crippen LogP contribution in [0.2, 0.25) is 10.0 Å². The minimum atomic E-state index is -3.06. The first-order valence-electron chi connectivity index (χ1n) is 17.1. The molecule has 50 heavy (non-hydrogen) atoms. The number of benzene rings is 2. The van der Waals surface area contributed by atoms with Gasteiger partial charge in [-0.2, -0.15) is 8.78 Å². The molecule has 2 heterocycles. The number of halogens is 4. The molecule has 1 aliphatic heterocycles. The lowest BCUT2D eigenvalue weighted by molar-refractivity contribution is -0.0515. The zero-order valence-electron chi connectivity index (χ0n) is 27.6. The first-order chi connectivity index (χ1) is 24.2. The van der Waals surface area contributed by atoms with E-state index in [1.807, 2.05) is 0 Å². The van der Waals surface area contributed by atoms with Gasteiger partial charge in [0.1, 0.15) is 24.0 Å². The van der Waals surface area contributed by atoms with E-state index in [1.165, 1.54) is 55.2 Å². The second-order valence-corrected chi connectivity index (χ2v) is 13.8. The SMILES string of the molecule is O=C(O[C@@H](Cc1c(Cl)cncc1Cl)c1ccc(OC(F)F)c(OCC2CC2)c1)c1ccc(C(=O)OCCN2CCCCC2)c(OCC2CC2)c1. The fourth-order valence-corrected chi connectivity index (χ4v) is 6.24. The molecule has 0 bridgehead atoms. The van der Waals surface area contributed by atoms with Gasteiger partial charge >= 0.3 is 18.6 Å². The van der Waals surface area contributed by atoms with Crippen molar-refractivity contribution >= 4 is 35.1 Å². The molecular formula is C37H40Cl2F2N2O7. The molecule has 268 valence electrons. The second-order valence-electron chi connectivity index (χ2n) is 13.0. The van der Waals surface area contributed by atoms with E-state index in [9.17, 15) is 18.4 Å². The Labute approximate surface area is 300 Å². The molecule has 2 saturated carbocycles. The van der Waals surface area contributed by atoms with Gasteiger partial charge in [0.15, 0.2) is 11.5 Å². The summed E-state index contributed by atoms with van der Waals surface area (Å²) in [5.41, 5.74) is 1.28. The second kappa shape index (κ2) is 17.0. The maximum atomic E-state index is 13.8. The molecule has 1 atom stereocenters. The van der Waals surface area contributed by atoms with Crippen molar-refractivity contribution < 1.29 is 42.1 Å². The molecule has 3 fully saturated rings. The van der Waals surface area contributed by atoms with E-state index in [1.54, 1.807) is 0 Å². The van der Waals surface area contributed by atoms with Crippen LogP contribution in [-0.4, -0.2) is 67.9 Å². The topological polar surface area (TPSA) is 96.4 Å². The Morgan fingerprint density at radius 1 is 0.840 bits per heavy atom. The van der Waals surface area contributed by atoms with Crippen LogP contribution in [0.1, 0.15) is 82.9 Å². The Kier molecular flexibility index (Phi) is 12.3. The average Bonchev–Trinajstić information content (AvgIpc) is 4.04. The first kappa shape index (κ1) is 36.1. The number of aromatic nitrogens is 1. The monoisotopic (exact) mass is 732 g/mol. The maximum Gasteiger partial charge on any atom is 0.387 e. The molecule has 1 aromatic heterocycles. The van der Waals surface area contributed by atoms with Crippen LogP contribution in [0.15, 0.2) is 48.8 Å². The van der Waals surface area contributed by atoms with Crippen molar-refractivity contribution in [3.05, 3.63) is 81.1 Å². The minimum absolute atomic E-state index is 0.0372. The van der Waals surface area contributed by atoms with Crippen LogP contribution in [0.25, 0.3) is 0 Å². The third-order valence-corrected chi connectivity index (χ3v) is 9.67. The number of ether oxygens (including phenoxy) is 5. The molecule has 6 rings (SSSR count). The largest absolute Gasteiger partial charge is 0.492 e. The molecule has 2 aromatic carbocycles. The number of carbonyl (C=O) groups excluding carboxylic acids is 2. The van der Waals surface area contributed by atoms with Crippen LogP contribution < -0.4 is 14.2 Å². The standard InChI is InChI=1S/C37H40Cl2F2N2O7/c38-29-19-42-20-30(39)28(29)18-32(25-9-11-31(50-37(40)41)34(16-25)48-22-24-6-7-24)49-35(44)26-8-10-27(33(17-26)47-21-23-4-5-23)36(45)46-15-14-43-12-2-1-3-13-43/h8-11,16-17,19-20,23-24,32,37H,1-7,12-15,18,21-22H2/t32-/m0/s1. The van der Waals surface area contributed by atoms with Gasteiger partial charge in [0, 0.05) is 25.4 Å². The summed E-state index contributed by atoms with van der Waals surface area (Å²) in [7, 11) is 0. The summed E-state index contributed by atoms with van der Waals surface area (Å²) in [5.74, 6) is -0.320. The Morgan fingerprint density at radius 3 is 2.18 bits per heavy atom. The highest BCUT2D eigenvalue weighted by Crippen LogP contribution is 2.38. The summed E-state index contributed by atoms with van der Waals surface area (Å²) in [6.07, 6.45) is 9.46. The lowest BCUT2D eigenvalue weighted by Gasteiger charge is -2.26. The zero-order valence-corrected chi connectivity index (χ0v) is 29.1. The van der Waals surface area contributed by atoms with E-state index in [2.05, 4.69) is 9.88 Å². The van der Waals surface area contributed by atoms with E-state index in [0.717, 1.165) is 51.6 Å². The van der Waals surface area contributed by atoms with Gasteiger partial charge < -0.3 is 23.7 Å². The number of carbonyl (C=O) groups is 2. The summed E-state index contributed by atoms with van der Waals surface area (Å²) < 4.78 is 54.8. The van der Waals surface area contributed by atoms with Gasteiger partial charge in [0.05, 0.1) is 28.8 Å². The third-order valence-electron chi connectivity index (χ3n) is 9.02. The number of piperidine rings is 1. The van der Waals surface area contributed by atoms with Gasteiger partial charge in [0.25, 0.3) is 0 Å².